The van der Waals surface area contributed by atoms with Crippen LogP contribution in [0.1, 0.15) is 35.3 Å². The number of benzene rings is 2. The standard InChI is InChI=1S/C21H18Cl2O5/c1-4-26-21(25)12(3)27-17-8-7-15-19(24)18(28-20(15)11(17)2)9-13-5-6-14(22)10-16(13)23/h5-10,12H,4H2,1-3H3/b18-9-. The van der Waals surface area contributed by atoms with Crippen molar-refractivity contribution >= 4 is 41.0 Å². The van der Waals surface area contributed by atoms with Gasteiger partial charge >= 0.3 is 5.97 Å². The van der Waals surface area contributed by atoms with Crippen LogP contribution >= 0.6 is 23.2 Å². The van der Waals surface area contributed by atoms with Crippen molar-refractivity contribution in [3.05, 3.63) is 62.8 Å². The molecule has 0 radical (unpaired) electrons. The number of hydrogen-bond donors (Lipinski definition) is 0. The summed E-state index contributed by atoms with van der Waals surface area (Å²) in [5.41, 5.74) is 1.66. The van der Waals surface area contributed by atoms with Gasteiger partial charge in [-0.15, -0.1) is 0 Å². The van der Waals surface area contributed by atoms with Gasteiger partial charge in [-0.05, 0) is 56.7 Å². The van der Waals surface area contributed by atoms with E-state index in [1.54, 1.807) is 57.2 Å². The number of carbonyl (C=O) groups excluding carboxylic acids is 2. The molecule has 1 unspecified atom stereocenters. The maximum atomic E-state index is 12.7. The van der Waals surface area contributed by atoms with Crippen molar-refractivity contribution < 1.29 is 23.8 Å². The monoisotopic (exact) mass is 420 g/mol. The lowest BCUT2D eigenvalue weighted by Gasteiger charge is -2.16. The molecule has 0 spiro atoms. The predicted molar refractivity (Wildman–Crippen MR) is 107 cm³/mol. The summed E-state index contributed by atoms with van der Waals surface area (Å²) in [7, 11) is 0. The van der Waals surface area contributed by atoms with Gasteiger partial charge in [0.25, 0.3) is 0 Å². The van der Waals surface area contributed by atoms with Gasteiger partial charge in [-0.2, -0.15) is 0 Å². The molecule has 2 aromatic carbocycles. The van der Waals surface area contributed by atoms with Crippen LogP contribution in [0, 0.1) is 6.92 Å². The van der Waals surface area contributed by atoms with Crippen molar-refractivity contribution in [2.75, 3.05) is 6.61 Å². The first-order chi connectivity index (χ1) is 13.3. The van der Waals surface area contributed by atoms with Crippen LogP contribution in [0.5, 0.6) is 11.5 Å². The van der Waals surface area contributed by atoms with Crippen LogP contribution in [0.2, 0.25) is 10.0 Å². The number of ketones is 1. The zero-order chi connectivity index (χ0) is 20.4. The Balaban J connectivity index is 1.88. The Morgan fingerprint density at radius 1 is 1.25 bits per heavy atom. The van der Waals surface area contributed by atoms with E-state index in [-0.39, 0.29) is 18.1 Å². The van der Waals surface area contributed by atoms with Gasteiger partial charge in [-0.1, -0.05) is 29.3 Å². The SMILES string of the molecule is CCOC(=O)C(C)Oc1ccc2c(c1C)O/C(=C\c1ccc(Cl)cc1Cl)C2=O. The third-order valence-corrected chi connectivity index (χ3v) is 4.77. The lowest BCUT2D eigenvalue weighted by Crippen LogP contribution is -2.26. The van der Waals surface area contributed by atoms with Crippen LogP contribution in [-0.2, 0) is 9.53 Å². The van der Waals surface area contributed by atoms with Gasteiger partial charge in [0, 0.05) is 15.6 Å². The van der Waals surface area contributed by atoms with Crippen LogP contribution < -0.4 is 9.47 Å². The highest BCUT2D eigenvalue weighted by molar-refractivity contribution is 6.35. The topological polar surface area (TPSA) is 61.8 Å². The molecule has 146 valence electrons. The molecule has 5 nitrogen and oxygen atoms in total. The number of Topliss-reactive ketones (excluding diaryl/α,β-unsaturated/α-hetero) is 1. The molecule has 0 saturated carbocycles. The Morgan fingerprint density at radius 2 is 2.00 bits per heavy atom. The number of esters is 1. The molecular weight excluding hydrogens is 403 g/mol. The number of ether oxygens (including phenoxy) is 3. The molecule has 0 amide bonds. The van der Waals surface area contributed by atoms with E-state index in [9.17, 15) is 9.59 Å². The molecule has 7 heteroatoms. The van der Waals surface area contributed by atoms with Gasteiger partial charge in [0.15, 0.2) is 11.9 Å². The Kier molecular flexibility index (Phi) is 5.96. The Bertz CT molecular complexity index is 981. The molecule has 28 heavy (non-hydrogen) atoms. The summed E-state index contributed by atoms with van der Waals surface area (Å²) >= 11 is 12.1. The van der Waals surface area contributed by atoms with E-state index in [1.165, 1.54) is 0 Å². The summed E-state index contributed by atoms with van der Waals surface area (Å²) in [5, 5.41) is 0.916. The minimum absolute atomic E-state index is 0.151. The second kappa shape index (κ2) is 8.25. The third-order valence-electron chi connectivity index (χ3n) is 4.21. The van der Waals surface area contributed by atoms with E-state index >= 15 is 0 Å². The molecule has 0 N–H and O–H groups in total. The van der Waals surface area contributed by atoms with Crippen LogP contribution in [0.3, 0.4) is 0 Å². The van der Waals surface area contributed by atoms with Gasteiger partial charge in [-0.25, -0.2) is 4.79 Å². The highest BCUT2D eigenvalue weighted by Gasteiger charge is 2.31. The van der Waals surface area contributed by atoms with Crippen molar-refractivity contribution in [2.45, 2.75) is 26.9 Å². The number of hydrogen-bond acceptors (Lipinski definition) is 5. The van der Waals surface area contributed by atoms with Crippen molar-refractivity contribution in [2.24, 2.45) is 0 Å². The largest absolute Gasteiger partial charge is 0.479 e. The average molecular weight is 421 g/mol. The first-order valence-electron chi connectivity index (χ1n) is 8.68. The number of allylic oxidation sites excluding steroid dienone is 1. The molecule has 1 aliphatic heterocycles. The van der Waals surface area contributed by atoms with E-state index in [2.05, 4.69) is 0 Å². The molecule has 0 aromatic heterocycles. The first kappa shape index (κ1) is 20.2. The summed E-state index contributed by atoms with van der Waals surface area (Å²) in [4.78, 5) is 24.5. The summed E-state index contributed by atoms with van der Waals surface area (Å²) in [5.74, 6) is 0.275. The minimum Gasteiger partial charge on any atom is -0.479 e. The summed E-state index contributed by atoms with van der Waals surface area (Å²) < 4.78 is 16.4. The maximum absolute atomic E-state index is 12.7. The smallest absolute Gasteiger partial charge is 0.347 e. The molecule has 0 bridgehead atoms. The molecule has 1 atom stereocenters. The number of rotatable bonds is 5. The van der Waals surface area contributed by atoms with Crippen molar-refractivity contribution in [3.8, 4) is 11.5 Å². The Morgan fingerprint density at radius 3 is 2.68 bits per heavy atom. The lowest BCUT2D eigenvalue weighted by atomic mass is 10.1. The number of carbonyl (C=O) groups is 2. The van der Waals surface area contributed by atoms with Crippen LogP contribution in [-0.4, -0.2) is 24.5 Å². The Hall–Kier alpha value is -2.50. The van der Waals surface area contributed by atoms with Gasteiger partial charge in [0.2, 0.25) is 5.78 Å². The zero-order valence-corrected chi connectivity index (χ0v) is 17.1. The van der Waals surface area contributed by atoms with E-state index in [1.807, 2.05) is 0 Å². The second-order valence-electron chi connectivity index (χ2n) is 6.18. The highest BCUT2D eigenvalue weighted by atomic mass is 35.5. The Labute approximate surface area is 172 Å². The van der Waals surface area contributed by atoms with Crippen LogP contribution in [0.25, 0.3) is 6.08 Å². The maximum Gasteiger partial charge on any atom is 0.347 e. The fraction of sp³-hybridized carbons (Fsp3) is 0.238. The predicted octanol–water partition coefficient (Wildman–Crippen LogP) is 5.25. The van der Waals surface area contributed by atoms with Crippen molar-refractivity contribution in [1.29, 1.82) is 0 Å². The minimum atomic E-state index is -0.781. The molecule has 1 heterocycles. The fourth-order valence-electron chi connectivity index (χ4n) is 2.75. The molecule has 0 saturated heterocycles. The fourth-order valence-corrected chi connectivity index (χ4v) is 3.22. The molecule has 0 aliphatic carbocycles. The first-order valence-corrected chi connectivity index (χ1v) is 9.43. The number of fused-ring (bicyclic) bond motifs is 1. The summed E-state index contributed by atoms with van der Waals surface area (Å²) in [6, 6.07) is 8.24. The average Bonchev–Trinajstić information content (AvgIpc) is 2.96. The van der Waals surface area contributed by atoms with Crippen molar-refractivity contribution in [3.63, 3.8) is 0 Å². The highest BCUT2D eigenvalue weighted by Crippen LogP contribution is 2.40. The van der Waals surface area contributed by atoms with E-state index < -0.39 is 12.1 Å². The van der Waals surface area contributed by atoms with Gasteiger partial charge in [0.05, 0.1) is 12.2 Å². The van der Waals surface area contributed by atoms with E-state index in [4.69, 9.17) is 37.4 Å². The van der Waals surface area contributed by atoms with Gasteiger partial charge < -0.3 is 14.2 Å². The van der Waals surface area contributed by atoms with Crippen LogP contribution in [0.15, 0.2) is 36.1 Å². The van der Waals surface area contributed by atoms with Gasteiger partial charge in [-0.3, -0.25) is 4.79 Å². The third kappa shape index (κ3) is 4.01. The molecule has 0 fully saturated rings. The van der Waals surface area contributed by atoms with E-state index in [0.29, 0.717) is 38.2 Å². The second-order valence-corrected chi connectivity index (χ2v) is 7.03. The van der Waals surface area contributed by atoms with E-state index in [0.717, 1.165) is 0 Å². The molecule has 2 aromatic rings. The molecule has 1 aliphatic rings. The summed E-state index contributed by atoms with van der Waals surface area (Å²) in [6.07, 6.45) is 0.791. The van der Waals surface area contributed by atoms with Crippen molar-refractivity contribution in [1.82, 2.24) is 0 Å². The lowest BCUT2D eigenvalue weighted by molar-refractivity contribution is -0.150. The summed E-state index contributed by atoms with van der Waals surface area (Å²) in [6.45, 7) is 5.36. The zero-order valence-electron chi connectivity index (χ0n) is 15.5. The van der Waals surface area contributed by atoms with Gasteiger partial charge in [0.1, 0.15) is 11.5 Å². The van der Waals surface area contributed by atoms with Crippen LogP contribution in [0.4, 0.5) is 0 Å². The quantitative estimate of drug-likeness (QED) is 0.488. The molecule has 3 rings (SSSR count). The normalized spacial score (nSPS) is 15.2. The molecular formula is C21H18Cl2O5. The number of halogens is 2.